The fourth-order valence-electron chi connectivity index (χ4n) is 0.165. The zero-order valence-corrected chi connectivity index (χ0v) is 5.03. The van der Waals surface area contributed by atoms with Crippen LogP contribution < -0.4 is 0 Å². The van der Waals surface area contributed by atoms with Crippen LogP contribution in [0.25, 0.3) is 0 Å². The third-order valence-electron chi connectivity index (χ3n) is 0.385. The molecule has 0 aliphatic rings. The second-order valence-corrected chi connectivity index (χ2v) is 2.05. The Labute approximate surface area is 50.7 Å². The van der Waals surface area contributed by atoms with E-state index in [0.717, 1.165) is 0 Å². The first-order valence-corrected chi connectivity index (χ1v) is 3.19. The van der Waals surface area contributed by atoms with Gasteiger partial charge in [0.25, 0.3) is 0 Å². The molecule has 0 saturated carbocycles. The van der Waals surface area contributed by atoms with Crippen molar-refractivity contribution in [3.8, 4) is 0 Å². The molecule has 56 valence electrons. The van der Waals surface area contributed by atoms with E-state index in [2.05, 4.69) is 9.12 Å². The molecule has 0 aromatic carbocycles. The number of rotatable bonds is 4. The van der Waals surface area contributed by atoms with Crippen molar-refractivity contribution in [3.05, 3.63) is 0 Å². The molecule has 0 radical (unpaired) electrons. The summed E-state index contributed by atoms with van der Waals surface area (Å²) in [4.78, 5) is 2.88. The van der Waals surface area contributed by atoms with Gasteiger partial charge in [-0.2, -0.15) is 13.4 Å². The molecule has 4 nitrogen and oxygen atoms in total. The molecule has 0 unspecified atom stereocenters. The van der Waals surface area contributed by atoms with E-state index in [0.29, 0.717) is 0 Å². The Kier molecular flexibility index (Phi) is 3.59. The summed E-state index contributed by atoms with van der Waals surface area (Å²) in [5, 5.41) is 0. The molecule has 0 heterocycles. The van der Waals surface area contributed by atoms with E-state index in [9.17, 15) is 16.8 Å². The third-order valence-corrected chi connectivity index (χ3v) is 0.833. The first kappa shape index (κ1) is 8.73. The van der Waals surface area contributed by atoms with Crippen molar-refractivity contribution >= 4 is 10.5 Å². The molecule has 0 fully saturated rings. The van der Waals surface area contributed by atoms with Gasteiger partial charge in [-0.25, -0.2) is 4.18 Å². The number of halogens is 2. The van der Waals surface area contributed by atoms with Crippen molar-refractivity contribution < 1.29 is 26.0 Å². The van der Waals surface area contributed by atoms with E-state index >= 15 is 0 Å². The SMILES string of the molecule is O=S(=O)(F)OCCOF. The van der Waals surface area contributed by atoms with Gasteiger partial charge >= 0.3 is 10.5 Å². The smallest absolute Gasteiger partial charge is 0.242 e. The number of hydrogen-bond donors (Lipinski definition) is 0. The fourth-order valence-corrected chi connectivity index (χ4v) is 0.432. The van der Waals surface area contributed by atoms with Gasteiger partial charge in [-0.05, 0) is 4.53 Å². The third kappa shape index (κ3) is 7.73. The molecule has 0 amide bonds. The highest BCUT2D eigenvalue weighted by Gasteiger charge is 2.05. The second kappa shape index (κ2) is 3.70. The predicted octanol–water partition coefficient (Wildman–Crippen LogP) is 0.118. The molecule has 0 aliphatic heterocycles. The highest BCUT2D eigenvalue weighted by atomic mass is 32.3. The van der Waals surface area contributed by atoms with Crippen LogP contribution >= 0.6 is 0 Å². The summed E-state index contributed by atoms with van der Waals surface area (Å²) in [6, 6.07) is 0. The minimum Gasteiger partial charge on any atom is -0.242 e. The van der Waals surface area contributed by atoms with Crippen LogP contribution in [0.1, 0.15) is 0 Å². The predicted molar refractivity (Wildman–Crippen MR) is 23.0 cm³/mol. The minimum absolute atomic E-state index is 0.608. The molecule has 0 atom stereocenters. The zero-order chi connectivity index (χ0) is 7.33. The molecule has 0 saturated heterocycles. The zero-order valence-electron chi connectivity index (χ0n) is 4.21. The van der Waals surface area contributed by atoms with Gasteiger partial charge in [0.2, 0.25) is 0 Å². The summed E-state index contributed by atoms with van der Waals surface area (Å²) in [7, 11) is -4.94. The largest absolute Gasteiger partial charge is 0.437 e. The molecular weight excluding hydrogens is 158 g/mol. The van der Waals surface area contributed by atoms with Gasteiger partial charge in [-0.3, -0.25) is 0 Å². The van der Waals surface area contributed by atoms with Gasteiger partial charge in [0.1, 0.15) is 6.61 Å². The molecule has 0 spiro atoms. The minimum atomic E-state index is -4.94. The quantitative estimate of drug-likeness (QED) is 0.435. The Bertz CT molecular complexity index is 152. The van der Waals surface area contributed by atoms with Crippen molar-refractivity contribution in [3.63, 3.8) is 0 Å². The van der Waals surface area contributed by atoms with E-state index in [-0.39, 0.29) is 0 Å². The van der Waals surface area contributed by atoms with Gasteiger partial charge in [0, 0.05) is 0 Å². The van der Waals surface area contributed by atoms with Crippen molar-refractivity contribution in [2.75, 3.05) is 13.2 Å². The molecule has 0 rings (SSSR count). The van der Waals surface area contributed by atoms with Crippen molar-refractivity contribution in [2.24, 2.45) is 0 Å². The Morgan fingerprint density at radius 3 is 2.22 bits per heavy atom. The summed E-state index contributed by atoms with van der Waals surface area (Å²) in [5.74, 6) is 0. The molecule has 0 aromatic heterocycles. The maximum absolute atomic E-state index is 11.3. The van der Waals surface area contributed by atoms with Crippen LogP contribution in [0.5, 0.6) is 0 Å². The molecule has 0 N–H and O–H groups in total. The molecule has 0 bridgehead atoms. The Morgan fingerprint density at radius 1 is 1.33 bits per heavy atom. The van der Waals surface area contributed by atoms with Crippen LogP contribution in [-0.2, 0) is 19.6 Å². The maximum atomic E-state index is 11.3. The summed E-state index contributed by atoms with van der Waals surface area (Å²) < 4.78 is 44.2. The van der Waals surface area contributed by atoms with E-state index in [1.807, 2.05) is 0 Å². The highest BCUT2D eigenvalue weighted by molar-refractivity contribution is 7.81. The van der Waals surface area contributed by atoms with Crippen LogP contribution in [0.4, 0.5) is 8.41 Å². The monoisotopic (exact) mass is 162 g/mol. The Hall–Kier alpha value is -0.270. The topological polar surface area (TPSA) is 52.6 Å². The van der Waals surface area contributed by atoms with E-state index in [4.69, 9.17) is 0 Å². The van der Waals surface area contributed by atoms with Gasteiger partial charge in [0.15, 0.2) is 0 Å². The summed E-state index contributed by atoms with van der Waals surface area (Å²) in [5.41, 5.74) is 0. The standard InChI is InChI=1S/C2H4F2O4S/c3-7-1-2-8-9(4,5)6/h1-2H2. The Morgan fingerprint density at radius 2 is 1.89 bits per heavy atom. The lowest BCUT2D eigenvalue weighted by molar-refractivity contribution is -0.138. The lowest BCUT2D eigenvalue weighted by Gasteiger charge is -1.91. The average Bonchev–Trinajstić information content (AvgIpc) is 1.63. The molecule has 9 heavy (non-hydrogen) atoms. The molecule has 0 aliphatic carbocycles. The van der Waals surface area contributed by atoms with Crippen LogP contribution in [0, 0.1) is 0 Å². The first-order chi connectivity index (χ1) is 4.06. The lowest BCUT2D eigenvalue weighted by atomic mass is 10.8. The Balaban J connectivity index is 3.30. The van der Waals surface area contributed by atoms with E-state index in [1.165, 1.54) is 0 Å². The highest BCUT2D eigenvalue weighted by Crippen LogP contribution is 1.92. The number of hydrogen-bond acceptors (Lipinski definition) is 4. The van der Waals surface area contributed by atoms with Crippen molar-refractivity contribution in [1.82, 2.24) is 0 Å². The van der Waals surface area contributed by atoms with Crippen LogP contribution in [0.3, 0.4) is 0 Å². The van der Waals surface area contributed by atoms with Gasteiger partial charge in [-0.15, -0.1) is 0 Å². The molecular formula is C2H4F2O4S. The molecule has 0 aromatic rings. The summed E-state index contributed by atoms with van der Waals surface area (Å²) in [6.07, 6.45) is 0. The molecule has 7 heteroatoms. The van der Waals surface area contributed by atoms with Gasteiger partial charge in [-0.1, -0.05) is 3.89 Å². The van der Waals surface area contributed by atoms with Gasteiger partial charge in [0.05, 0.1) is 6.61 Å². The van der Waals surface area contributed by atoms with Crippen LogP contribution in [0.15, 0.2) is 0 Å². The van der Waals surface area contributed by atoms with Crippen LogP contribution in [-0.4, -0.2) is 21.6 Å². The fraction of sp³-hybridized carbons (Fsp3) is 1.00. The van der Waals surface area contributed by atoms with Crippen LogP contribution in [0.2, 0.25) is 0 Å². The maximum Gasteiger partial charge on any atom is 0.437 e. The first-order valence-electron chi connectivity index (χ1n) is 1.89. The normalized spacial score (nSPS) is 11.8. The van der Waals surface area contributed by atoms with E-state index in [1.54, 1.807) is 0 Å². The van der Waals surface area contributed by atoms with Crippen molar-refractivity contribution in [1.29, 1.82) is 0 Å². The van der Waals surface area contributed by atoms with E-state index < -0.39 is 23.7 Å². The summed E-state index contributed by atoms with van der Waals surface area (Å²) >= 11 is 0. The second-order valence-electron chi connectivity index (χ2n) is 1.03. The van der Waals surface area contributed by atoms with Crippen molar-refractivity contribution in [2.45, 2.75) is 0 Å². The average molecular weight is 162 g/mol. The van der Waals surface area contributed by atoms with Gasteiger partial charge < -0.3 is 0 Å². The summed E-state index contributed by atoms with van der Waals surface area (Å²) in [6.45, 7) is -1.27. The lowest BCUT2D eigenvalue weighted by Crippen LogP contribution is -2.04.